The van der Waals surface area contributed by atoms with E-state index in [1.807, 2.05) is 14.0 Å². The van der Waals surface area contributed by atoms with Gasteiger partial charge in [0.25, 0.3) is 0 Å². The average Bonchev–Trinajstić information content (AvgIpc) is 2.53. The average molecular weight is 326 g/mol. The summed E-state index contributed by atoms with van der Waals surface area (Å²) in [6.45, 7) is 4.55. The predicted molar refractivity (Wildman–Crippen MR) is 89.4 cm³/mol. The van der Waals surface area contributed by atoms with Crippen molar-refractivity contribution in [2.45, 2.75) is 32.6 Å². The molecule has 1 amide bonds. The van der Waals surface area contributed by atoms with Crippen LogP contribution in [-0.2, 0) is 4.79 Å². The predicted octanol–water partition coefficient (Wildman–Crippen LogP) is 2.30. The maximum atomic E-state index is 11.6. The Bertz CT molecular complexity index is 511. The number of hydrogen-bond acceptors (Lipinski definition) is 5. The molecule has 1 aromatic rings. The summed E-state index contributed by atoms with van der Waals surface area (Å²) in [7, 11) is 1.82. The molecular weight excluding hydrogens is 302 g/mol. The number of piperidine rings is 1. The fourth-order valence-corrected chi connectivity index (χ4v) is 3.03. The van der Waals surface area contributed by atoms with Gasteiger partial charge in [0.15, 0.2) is 11.0 Å². The lowest BCUT2D eigenvalue weighted by molar-refractivity contribution is -0.121. The van der Waals surface area contributed by atoms with Crippen molar-refractivity contribution in [1.82, 2.24) is 15.3 Å². The number of nitrogens with one attached hydrogen (secondary N) is 2. The number of carbonyl (C=O) groups is 1. The number of carbonyl (C=O) groups excluding carboxylic acids is 1. The van der Waals surface area contributed by atoms with Gasteiger partial charge in [-0.1, -0.05) is 18.5 Å². The molecule has 1 atom stereocenters. The van der Waals surface area contributed by atoms with Crippen LogP contribution in [0.1, 0.15) is 32.6 Å². The molecular formula is C15H24ClN5O. The highest BCUT2D eigenvalue weighted by atomic mass is 35.5. The highest BCUT2D eigenvalue weighted by molar-refractivity contribution is 6.32. The SMILES string of the molecule is CCCC(=O)NCC1CCCN(c2ncnc(Cl)c2NC)C1. The number of amides is 1. The Labute approximate surface area is 136 Å². The van der Waals surface area contributed by atoms with Gasteiger partial charge in [0.05, 0.1) is 0 Å². The van der Waals surface area contributed by atoms with E-state index in [4.69, 9.17) is 11.6 Å². The van der Waals surface area contributed by atoms with Crippen molar-refractivity contribution in [3.05, 3.63) is 11.5 Å². The molecule has 0 aliphatic carbocycles. The molecule has 1 unspecified atom stereocenters. The van der Waals surface area contributed by atoms with E-state index < -0.39 is 0 Å². The van der Waals surface area contributed by atoms with E-state index in [2.05, 4.69) is 25.5 Å². The highest BCUT2D eigenvalue weighted by Gasteiger charge is 2.24. The van der Waals surface area contributed by atoms with Crippen LogP contribution in [0.2, 0.25) is 5.15 Å². The lowest BCUT2D eigenvalue weighted by atomic mass is 9.98. The summed E-state index contributed by atoms with van der Waals surface area (Å²) in [6, 6.07) is 0. The van der Waals surface area contributed by atoms with Crippen LogP contribution in [0.25, 0.3) is 0 Å². The topological polar surface area (TPSA) is 70.2 Å². The molecule has 0 aromatic carbocycles. The van der Waals surface area contributed by atoms with Crippen molar-refractivity contribution in [3.8, 4) is 0 Å². The quantitative estimate of drug-likeness (QED) is 0.785. The van der Waals surface area contributed by atoms with Gasteiger partial charge in [0.2, 0.25) is 5.91 Å². The Kier molecular flexibility index (Phi) is 6.24. The summed E-state index contributed by atoms with van der Waals surface area (Å²) in [5.74, 6) is 1.42. The fourth-order valence-electron chi connectivity index (χ4n) is 2.81. The van der Waals surface area contributed by atoms with Crippen LogP contribution in [-0.4, -0.2) is 42.6 Å². The molecule has 6 nitrogen and oxygen atoms in total. The van der Waals surface area contributed by atoms with Crippen molar-refractivity contribution in [2.75, 3.05) is 36.9 Å². The van der Waals surface area contributed by atoms with E-state index in [1.54, 1.807) is 0 Å². The third-order valence-corrected chi connectivity index (χ3v) is 4.20. The van der Waals surface area contributed by atoms with E-state index in [9.17, 15) is 4.79 Å². The standard InChI is InChI=1S/C15H24ClN5O/c1-3-5-12(22)18-8-11-6-4-7-21(9-11)15-13(17-2)14(16)19-10-20-15/h10-11,17H,3-9H2,1-2H3,(H,18,22). The van der Waals surface area contributed by atoms with Crippen LogP contribution in [0.5, 0.6) is 0 Å². The van der Waals surface area contributed by atoms with Crippen LogP contribution in [0, 0.1) is 5.92 Å². The summed E-state index contributed by atoms with van der Waals surface area (Å²) in [5, 5.41) is 6.54. The van der Waals surface area contributed by atoms with Crippen LogP contribution in [0.3, 0.4) is 0 Å². The van der Waals surface area contributed by atoms with Crippen molar-refractivity contribution in [2.24, 2.45) is 5.92 Å². The number of rotatable bonds is 6. The summed E-state index contributed by atoms with van der Waals surface area (Å²) < 4.78 is 0. The summed E-state index contributed by atoms with van der Waals surface area (Å²) in [4.78, 5) is 22.2. The van der Waals surface area contributed by atoms with Gasteiger partial charge in [0, 0.05) is 33.1 Å². The zero-order valence-electron chi connectivity index (χ0n) is 13.2. The summed E-state index contributed by atoms with van der Waals surface area (Å²) in [6.07, 6.45) is 5.18. The van der Waals surface area contributed by atoms with Crippen LogP contribution in [0.15, 0.2) is 6.33 Å². The van der Waals surface area contributed by atoms with Crippen molar-refractivity contribution >= 4 is 29.0 Å². The first-order valence-electron chi connectivity index (χ1n) is 7.85. The van der Waals surface area contributed by atoms with Gasteiger partial charge in [0.1, 0.15) is 12.0 Å². The molecule has 1 saturated heterocycles. The van der Waals surface area contributed by atoms with Gasteiger partial charge in [-0.15, -0.1) is 0 Å². The second-order valence-electron chi connectivity index (χ2n) is 5.62. The van der Waals surface area contributed by atoms with E-state index in [-0.39, 0.29) is 5.91 Å². The third-order valence-electron chi connectivity index (χ3n) is 3.91. The Hall–Kier alpha value is -1.56. The van der Waals surface area contributed by atoms with Crippen LogP contribution in [0.4, 0.5) is 11.5 Å². The second-order valence-corrected chi connectivity index (χ2v) is 5.98. The Morgan fingerprint density at radius 1 is 1.50 bits per heavy atom. The van der Waals surface area contributed by atoms with Gasteiger partial charge in [-0.25, -0.2) is 9.97 Å². The van der Waals surface area contributed by atoms with Gasteiger partial charge in [-0.2, -0.15) is 0 Å². The third kappa shape index (κ3) is 4.22. The maximum Gasteiger partial charge on any atom is 0.219 e. The molecule has 1 fully saturated rings. The molecule has 1 aromatic heterocycles. The minimum atomic E-state index is 0.139. The van der Waals surface area contributed by atoms with E-state index in [1.165, 1.54) is 6.33 Å². The molecule has 22 heavy (non-hydrogen) atoms. The zero-order chi connectivity index (χ0) is 15.9. The van der Waals surface area contributed by atoms with Crippen LogP contribution < -0.4 is 15.5 Å². The smallest absolute Gasteiger partial charge is 0.219 e. The molecule has 0 spiro atoms. The normalized spacial score (nSPS) is 18.1. The van der Waals surface area contributed by atoms with Crippen molar-refractivity contribution in [1.29, 1.82) is 0 Å². The van der Waals surface area contributed by atoms with E-state index in [0.29, 0.717) is 17.5 Å². The molecule has 0 radical (unpaired) electrons. The molecule has 1 aliphatic rings. The largest absolute Gasteiger partial charge is 0.383 e. The van der Waals surface area contributed by atoms with Gasteiger partial charge in [-0.05, 0) is 25.2 Å². The molecule has 0 bridgehead atoms. The maximum absolute atomic E-state index is 11.6. The first-order valence-corrected chi connectivity index (χ1v) is 8.23. The lowest BCUT2D eigenvalue weighted by Gasteiger charge is -2.34. The second kappa shape index (κ2) is 8.17. The Morgan fingerprint density at radius 2 is 2.32 bits per heavy atom. The van der Waals surface area contributed by atoms with Crippen LogP contribution >= 0.6 is 11.6 Å². The van der Waals surface area contributed by atoms with E-state index in [0.717, 1.165) is 50.4 Å². The molecule has 7 heteroatoms. The highest BCUT2D eigenvalue weighted by Crippen LogP contribution is 2.31. The van der Waals surface area contributed by atoms with Gasteiger partial charge >= 0.3 is 0 Å². The van der Waals surface area contributed by atoms with Gasteiger partial charge < -0.3 is 15.5 Å². The number of anilines is 2. The summed E-state index contributed by atoms with van der Waals surface area (Å²) >= 11 is 6.13. The van der Waals surface area contributed by atoms with Gasteiger partial charge in [-0.3, -0.25) is 4.79 Å². The fraction of sp³-hybridized carbons (Fsp3) is 0.667. The molecule has 2 heterocycles. The van der Waals surface area contributed by atoms with Crippen molar-refractivity contribution < 1.29 is 4.79 Å². The number of hydrogen-bond donors (Lipinski definition) is 2. The first-order chi connectivity index (χ1) is 10.7. The first kappa shape index (κ1) is 16.8. The molecule has 122 valence electrons. The number of aromatic nitrogens is 2. The molecule has 2 rings (SSSR count). The monoisotopic (exact) mass is 325 g/mol. The van der Waals surface area contributed by atoms with E-state index >= 15 is 0 Å². The minimum absolute atomic E-state index is 0.139. The number of nitrogens with zero attached hydrogens (tertiary/aromatic N) is 3. The van der Waals surface area contributed by atoms with Crippen molar-refractivity contribution in [3.63, 3.8) is 0 Å². The molecule has 0 saturated carbocycles. The minimum Gasteiger partial charge on any atom is -0.383 e. The Morgan fingerprint density at radius 3 is 3.05 bits per heavy atom. The number of halogens is 1. The molecule has 1 aliphatic heterocycles. The lowest BCUT2D eigenvalue weighted by Crippen LogP contribution is -2.41. The Balaban J connectivity index is 1.99. The molecule has 2 N–H and O–H groups in total. The summed E-state index contributed by atoms with van der Waals surface area (Å²) in [5.41, 5.74) is 0.764. The zero-order valence-corrected chi connectivity index (χ0v) is 14.0.